The summed E-state index contributed by atoms with van der Waals surface area (Å²) in [5.74, 6) is 0. The lowest BCUT2D eigenvalue weighted by atomic mass is 10.3. The highest BCUT2D eigenvalue weighted by molar-refractivity contribution is 7.89. The molecule has 0 radical (unpaired) electrons. The Kier molecular flexibility index (Phi) is 5.37. The van der Waals surface area contributed by atoms with Crippen LogP contribution in [0.15, 0.2) is 11.1 Å². The average molecular weight is 309 g/mol. The first-order valence-corrected chi connectivity index (χ1v) is 7.67. The molecule has 1 fully saturated rings. The molecule has 0 aromatic carbocycles. The first-order chi connectivity index (χ1) is 8.45. The summed E-state index contributed by atoms with van der Waals surface area (Å²) in [6.45, 7) is 7.97. The zero-order chi connectivity index (χ0) is 13.3. The smallest absolute Gasteiger partial charge is 0.260 e. The first kappa shape index (κ1) is 16.4. The summed E-state index contributed by atoms with van der Waals surface area (Å²) in [6, 6.07) is 1.83. The van der Waals surface area contributed by atoms with E-state index in [-0.39, 0.29) is 18.4 Å². The highest BCUT2D eigenvalue weighted by Gasteiger charge is 2.31. The van der Waals surface area contributed by atoms with E-state index in [9.17, 15) is 8.42 Å². The summed E-state index contributed by atoms with van der Waals surface area (Å²) in [5, 5.41) is 7.75. The zero-order valence-corrected chi connectivity index (χ0v) is 13.1. The highest BCUT2D eigenvalue weighted by Crippen LogP contribution is 2.18. The van der Waals surface area contributed by atoms with E-state index in [0.717, 1.165) is 5.69 Å². The minimum Gasteiger partial charge on any atom is -0.312 e. The van der Waals surface area contributed by atoms with Gasteiger partial charge in [-0.1, -0.05) is 0 Å². The number of nitrogens with one attached hydrogen (secondary N) is 1. The van der Waals surface area contributed by atoms with Gasteiger partial charge in [-0.15, -0.1) is 12.4 Å². The molecule has 0 saturated carbocycles. The van der Waals surface area contributed by atoms with Gasteiger partial charge in [0.2, 0.25) is 0 Å². The molecule has 1 unspecified atom stereocenters. The first-order valence-electron chi connectivity index (χ1n) is 6.23. The van der Waals surface area contributed by atoms with Gasteiger partial charge in [-0.05, 0) is 26.8 Å². The molecular formula is C11H21ClN4O2S. The van der Waals surface area contributed by atoms with Crippen molar-refractivity contribution in [2.45, 2.75) is 38.4 Å². The quantitative estimate of drug-likeness (QED) is 0.889. The van der Waals surface area contributed by atoms with Crippen LogP contribution in [0.4, 0.5) is 0 Å². The third-order valence-electron chi connectivity index (χ3n) is 3.10. The van der Waals surface area contributed by atoms with Crippen LogP contribution in [0.1, 0.15) is 19.5 Å². The Morgan fingerprint density at radius 2 is 2.21 bits per heavy atom. The molecule has 1 N–H and O–H groups in total. The van der Waals surface area contributed by atoms with Crippen LogP contribution in [0.5, 0.6) is 0 Å². The Morgan fingerprint density at radius 1 is 1.53 bits per heavy atom. The van der Waals surface area contributed by atoms with Crippen LogP contribution >= 0.6 is 12.4 Å². The number of rotatable bonds is 3. The molecule has 1 atom stereocenters. The third-order valence-corrected chi connectivity index (χ3v) is 4.97. The molecule has 19 heavy (non-hydrogen) atoms. The molecule has 1 saturated heterocycles. The number of nitrogens with zero attached hydrogens (tertiary/aromatic N) is 3. The van der Waals surface area contributed by atoms with Crippen LogP contribution in [0.3, 0.4) is 0 Å². The van der Waals surface area contributed by atoms with Gasteiger partial charge in [-0.2, -0.15) is 9.40 Å². The van der Waals surface area contributed by atoms with Gasteiger partial charge in [0.15, 0.2) is 5.03 Å². The molecule has 1 aromatic rings. The van der Waals surface area contributed by atoms with Crippen LogP contribution in [-0.4, -0.2) is 48.2 Å². The third kappa shape index (κ3) is 3.28. The van der Waals surface area contributed by atoms with Crippen molar-refractivity contribution in [3.8, 4) is 0 Å². The Balaban J connectivity index is 0.00000180. The lowest BCUT2D eigenvalue weighted by Crippen LogP contribution is -2.51. The minimum absolute atomic E-state index is 0. The number of piperazine rings is 1. The summed E-state index contributed by atoms with van der Waals surface area (Å²) < 4.78 is 28.2. The van der Waals surface area contributed by atoms with Gasteiger partial charge in [0.05, 0.1) is 5.69 Å². The van der Waals surface area contributed by atoms with E-state index in [0.29, 0.717) is 31.2 Å². The van der Waals surface area contributed by atoms with Crippen molar-refractivity contribution in [2.75, 3.05) is 19.6 Å². The predicted molar refractivity (Wildman–Crippen MR) is 76.1 cm³/mol. The molecule has 1 aliphatic rings. The second-order valence-corrected chi connectivity index (χ2v) is 6.54. The Bertz CT molecular complexity index is 529. The van der Waals surface area contributed by atoms with Crippen molar-refractivity contribution < 1.29 is 8.42 Å². The van der Waals surface area contributed by atoms with E-state index in [1.54, 1.807) is 10.7 Å². The number of hydrogen-bond donors (Lipinski definition) is 1. The van der Waals surface area contributed by atoms with E-state index < -0.39 is 10.0 Å². The molecule has 2 rings (SSSR count). The maximum atomic E-state index is 12.6. The van der Waals surface area contributed by atoms with Crippen LogP contribution < -0.4 is 5.32 Å². The normalized spacial score (nSPS) is 21.1. The van der Waals surface area contributed by atoms with Crippen LogP contribution in [-0.2, 0) is 16.6 Å². The topological polar surface area (TPSA) is 67.2 Å². The molecule has 0 bridgehead atoms. The average Bonchev–Trinajstić information content (AvgIpc) is 2.71. The number of halogens is 1. The summed E-state index contributed by atoms with van der Waals surface area (Å²) in [7, 11) is -3.42. The highest BCUT2D eigenvalue weighted by atomic mass is 35.5. The Morgan fingerprint density at radius 3 is 2.79 bits per heavy atom. The maximum absolute atomic E-state index is 12.6. The van der Waals surface area contributed by atoms with Crippen molar-refractivity contribution >= 4 is 22.4 Å². The van der Waals surface area contributed by atoms with Crippen LogP contribution in [0, 0.1) is 6.92 Å². The summed E-state index contributed by atoms with van der Waals surface area (Å²) in [5.41, 5.74) is 0.735. The molecule has 0 aliphatic carbocycles. The number of aromatic nitrogens is 2. The van der Waals surface area contributed by atoms with Crippen LogP contribution in [0.2, 0.25) is 0 Å². The SMILES string of the molecule is CCn1nc(C)cc1S(=O)(=O)N1CCNC(C)C1.Cl. The molecule has 8 heteroatoms. The molecule has 0 spiro atoms. The fourth-order valence-electron chi connectivity index (χ4n) is 2.20. The fourth-order valence-corrected chi connectivity index (χ4v) is 3.98. The van der Waals surface area contributed by atoms with Crippen molar-refractivity contribution in [1.29, 1.82) is 0 Å². The molecule has 2 heterocycles. The molecule has 110 valence electrons. The number of hydrogen-bond acceptors (Lipinski definition) is 4. The molecule has 6 nitrogen and oxygen atoms in total. The fraction of sp³-hybridized carbons (Fsp3) is 0.727. The van der Waals surface area contributed by atoms with E-state index in [4.69, 9.17) is 0 Å². The maximum Gasteiger partial charge on any atom is 0.260 e. The van der Waals surface area contributed by atoms with Gasteiger partial charge in [-0.3, -0.25) is 4.68 Å². The van der Waals surface area contributed by atoms with Crippen molar-refractivity contribution in [3.63, 3.8) is 0 Å². The Labute approximate surface area is 120 Å². The summed E-state index contributed by atoms with van der Waals surface area (Å²) in [6.07, 6.45) is 0. The minimum atomic E-state index is -3.42. The largest absolute Gasteiger partial charge is 0.312 e. The van der Waals surface area contributed by atoms with Gasteiger partial charge in [0, 0.05) is 32.2 Å². The van der Waals surface area contributed by atoms with E-state index in [2.05, 4.69) is 10.4 Å². The van der Waals surface area contributed by atoms with Crippen molar-refractivity contribution in [1.82, 2.24) is 19.4 Å². The van der Waals surface area contributed by atoms with Gasteiger partial charge in [0.1, 0.15) is 0 Å². The van der Waals surface area contributed by atoms with E-state index >= 15 is 0 Å². The van der Waals surface area contributed by atoms with E-state index in [1.807, 2.05) is 20.8 Å². The van der Waals surface area contributed by atoms with Crippen molar-refractivity contribution in [3.05, 3.63) is 11.8 Å². The molecule has 1 aromatic heterocycles. The second-order valence-electron chi connectivity index (χ2n) is 4.66. The second kappa shape index (κ2) is 6.21. The van der Waals surface area contributed by atoms with Crippen LogP contribution in [0.25, 0.3) is 0 Å². The molecular weight excluding hydrogens is 288 g/mol. The number of aryl methyl sites for hydroxylation is 2. The summed E-state index contributed by atoms with van der Waals surface area (Å²) in [4.78, 5) is 0. The van der Waals surface area contributed by atoms with E-state index in [1.165, 1.54) is 4.31 Å². The number of sulfonamides is 1. The van der Waals surface area contributed by atoms with Gasteiger partial charge < -0.3 is 5.32 Å². The van der Waals surface area contributed by atoms with Crippen molar-refractivity contribution in [2.24, 2.45) is 0 Å². The predicted octanol–water partition coefficient (Wildman–Crippen LogP) is 0.616. The van der Waals surface area contributed by atoms with Gasteiger partial charge in [0.25, 0.3) is 10.0 Å². The molecule has 1 aliphatic heterocycles. The lowest BCUT2D eigenvalue weighted by Gasteiger charge is -2.30. The monoisotopic (exact) mass is 308 g/mol. The van der Waals surface area contributed by atoms with Gasteiger partial charge in [-0.25, -0.2) is 8.42 Å². The van der Waals surface area contributed by atoms with Gasteiger partial charge >= 0.3 is 0 Å². The lowest BCUT2D eigenvalue weighted by molar-refractivity contribution is 0.307. The molecule has 0 amide bonds. The summed E-state index contributed by atoms with van der Waals surface area (Å²) >= 11 is 0. The standard InChI is InChI=1S/C11H20N4O2S.ClH/c1-4-15-11(7-9(2)13-15)18(16,17)14-6-5-12-10(3)8-14;/h7,10,12H,4-6,8H2,1-3H3;1H. The zero-order valence-electron chi connectivity index (χ0n) is 11.5. The Hall–Kier alpha value is -0.630.